The van der Waals surface area contributed by atoms with Crippen molar-refractivity contribution in [2.24, 2.45) is 0 Å². The van der Waals surface area contributed by atoms with Gasteiger partial charge in [0.15, 0.2) is 0 Å². The summed E-state index contributed by atoms with van der Waals surface area (Å²) < 4.78 is 31.5. The van der Waals surface area contributed by atoms with Crippen LogP contribution in [0.4, 0.5) is 14.5 Å². The monoisotopic (exact) mass is 229 g/mol. The smallest absolute Gasteiger partial charge is 0.149 e. The van der Waals surface area contributed by atoms with Crippen LogP contribution in [0.5, 0.6) is 0 Å². The molecule has 1 aromatic carbocycles. The Morgan fingerprint density at radius 2 is 1.88 bits per heavy atom. The molecule has 0 amide bonds. The van der Waals surface area contributed by atoms with Gasteiger partial charge in [0.2, 0.25) is 0 Å². The highest BCUT2D eigenvalue weighted by Gasteiger charge is 2.06. The molecule has 1 aromatic rings. The van der Waals surface area contributed by atoms with Gasteiger partial charge in [0.05, 0.1) is 6.61 Å². The lowest BCUT2D eigenvalue weighted by molar-refractivity contribution is 0.141. The van der Waals surface area contributed by atoms with Gasteiger partial charge in [-0.1, -0.05) is 19.4 Å². The number of hydrogen-bond donors (Lipinski definition) is 1. The van der Waals surface area contributed by atoms with E-state index in [2.05, 4.69) is 12.2 Å². The van der Waals surface area contributed by atoms with Crippen LogP contribution in [-0.4, -0.2) is 19.8 Å². The lowest BCUT2D eigenvalue weighted by Gasteiger charge is -2.08. The average Bonchev–Trinajstić information content (AvgIpc) is 2.26. The number of rotatable bonds is 7. The third-order valence-electron chi connectivity index (χ3n) is 2.15. The maximum atomic E-state index is 13.1. The van der Waals surface area contributed by atoms with Gasteiger partial charge in [0.1, 0.15) is 17.3 Å². The Kier molecular flexibility index (Phi) is 5.78. The summed E-state index contributed by atoms with van der Waals surface area (Å²) in [6, 6.07) is 3.79. The Balaban J connectivity index is 2.26. The number of nitrogens with one attached hydrogen (secondary N) is 1. The predicted octanol–water partition coefficient (Wildman–Crippen LogP) is 3.19. The molecule has 0 aliphatic carbocycles. The number of anilines is 1. The Bertz CT molecular complexity index is 298. The van der Waals surface area contributed by atoms with Crippen LogP contribution in [0, 0.1) is 11.6 Å². The molecule has 0 bridgehead atoms. The minimum Gasteiger partial charge on any atom is -0.380 e. The van der Waals surface area contributed by atoms with Crippen LogP contribution in [0.3, 0.4) is 0 Å². The summed E-state index contributed by atoms with van der Waals surface area (Å²) in [5.41, 5.74) is -0.0819. The van der Waals surface area contributed by atoms with E-state index in [1.807, 2.05) is 0 Å². The molecular formula is C12H17F2NO. The van der Waals surface area contributed by atoms with Gasteiger partial charge < -0.3 is 10.1 Å². The Morgan fingerprint density at radius 1 is 1.19 bits per heavy atom. The number of unbranched alkanes of at least 4 members (excludes halogenated alkanes) is 1. The first-order chi connectivity index (χ1) is 7.75. The molecule has 0 saturated carbocycles. The molecule has 1 rings (SSSR count). The molecule has 0 aliphatic rings. The van der Waals surface area contributed by atoms with Crippen LogP contribution < -0.4 is 5.32 Å². The van der Waals surface area contributed by atoms with Crippen molar-refractivity contribution in [3.8, 4) is 0 Å². The second kappa shape index (κ2) is 7.17. The number of ether oxygens (including phenoxy) is 1. The minimum atomic E-state index is -0.575. The van der Waals surface area contributed by atoms with Gasteiger partial charge in [-0.15, -0.1) is 0 Å². The lowest BCUT2D eigenvalue weighted by atomic mass is 10.3. The van der Waals surface area contributed by atoms with Crippen LogP contribution in [0.15, 0.2) is 18.2 Å². The van der Waals surface area contributed by atoms with Crippen LogP contribution in [0.25, 0.3) is 0 Å². The molecule has 0 heterocycles. The molecular weight excluding hydrogens is 212 g/mol. The van der Waals surface area contributed by atoms with Gasteiger partial charge in [-0.25, -0.2) is 8.78 Å². The SMILES string of the molecule is CCCCOCCNc1c(F)cccc1F. The molecule has 0 radical (unpaired) electrons. The first kappa shape index (κ1) is 12.9. The average molecular weight is 229 g/mol. The minimum absolute atomic E-state index is 0.0819. The molecule has 0 atom stereocenters. The zero-order chi connectivity index (χ0) is 11.8. The van der Waals surface area contributed by atoms with Crippen molar-refractivity contribution in [2.75, 3.05) is 25.1 Å². The molecule has 90 valence electrons. The van der Waals surface area contributed by atoms with E-state index in [-0.39, 0.29) is 5.69 Å². The molecule has 4 heteroatoms. The molecule has 0 aliphatic heterocycles. The van der Waals surface area contributed by atoms with E-state index in [4.69, 9.17) is 4.74 Å². The summed E-state index contributed by atoms with van der Waals surface area (Å²) in [6.45, 7) is 3.63. The Morgan fingerprint density at radius 3 is 2.50 bits per heavy atom. The summed E-state index contributed by atoms with van der Waals surface area (Å²) in [7, 11) is 0. The highest BCUT2D eigenvalue weighted by molar-refractivity contribution is 5.45. The van der Waals surface area contributed by atoms with Gasteiger partial charge >= 0.3 is 0 Å². The van der Waals surface area contributed by atoms with Crippen molar-refractivity contribution in [3.63, 3.8) is 0 Å². The van der Waals surface area contributed by atoms with E-state index in [1.165, 1.54) is 18.2 Å². The fourth-order valence-electron chi connectivity index (χ4n) is 1.26. The third-order valence-corrected chi connectivity index (χ3v) is 2.15. The maximum absolute atomic E-state index is 13.1. The number of halogens is 2. The van der Waals surface area contributed by atoms with E-state index >= 15 is 0 Å². The first-order valence-corrected chi connectivity index (χ1v) is 5.51. The van der Waals surface area contributed by atoms with Gasteiger partial charge in [-0.3, -0.25) is 0 Å². The number of hydrogen-bond acceptors (Lipinski definition) is 2. The van der Waals surface area contributed by atoms with Crippen molar-refractivity contribution in [1.29, 1.82) is 0 Å². The molecule has 2 nitrogen and oxygen atoms in total. The van der Waals surface area contributed by atoms with E-state index < -0.39 is 11.6 Å². The molecule has 0 unspecified atom stereocenters. The predicted molar refractivity (Wildman–Crippen MR) is 60.6 cm³/mol. The van der Waals surface area contributed by atoms with Crippen molar-refractivity contribution >= 4 is 5.69 Å². The zero-order valence-electron chi connectivity index (χ0n) is 9.43. The van der Waals surface area contributed by atoms with Gasteiger partial charge in [-0.05, 0) is 18.6 Å². The van der Waals surface area contributed by atoms with E-state index in [1.54, 1.807) is 0 Å². The van der Waals surface area contributed by atoms with Crippen LogP contribution in [-0.2, 0) is 4.74 Å². The van der Waals surface area contributed by atoms with E-state index in [9.17, 15) is 8.78 Å². The fourth-order valence-corrected chi connectivity index (χ4v) is 1.26. The fraction of sp³-hybridized carbons (Fsp3) is 0.500. The topological polar surface area (TPSA) is 21.3 Å². The highest BCUT2D eigenvalue weighted by Crippen LogP contribution is 2.17. The summed E-state index contributed by atoms with van der Waals surface area (Å²) in [5, 5.41) is 2.68. The molecule has 1 N–H and O–H groups in total. The second-order valence-electron chi connectivity index (χ2n) is 3.49. The van der Waals surface area contributed by atoms with E-state index in [0.717, 1.165) is 12.8 Å². The molecule has 0 fully saturated rings. The van der Waals surface area contributed by atoms with Gasteiger partial charge in [0.25, 0.3) is 0 Å². The number of para-hydroxylation sites is 1. The Hall–Kier alpha value is -1.16. The first-order valence-electron chi connectivity index (χ1n) is 5.51. The standard InChI is InChI=1S/C12H17F2NO/c1-2-3-8-16-9-7-15-12-10(13)5-4-6-11(12)14/h4-6,15H,2-3,7-9H2,1H3. The summed E-state index contributed by atoms with van der Waals surface area (Å²) in [4.78, 5) is 0. The second-order valence-corrected chi connectivity index (χ2v) is 3.49. The largest absolute Gasteiger partial charge is 0.380 e. The van der Waals surface area contributed by atoms with Crippen molar-refractivity contribution in [1.82, 2.24) is 0 Å². The van der Waals surface area contributed by atoms with Gasteiger partial charge in [0, 0.05) is 13.2 Å². The molecule has 0 saturated heterocycles. The van der Waals surface area contributed by atoms with Gasteiger partial charge in [-0.2, -0.15) is 0 Å². The van der Waals surface area contributed by atoms with Crippen LogP contribution in [0.1, 0.15) is 19.8 Å². The lowest BCUT2D eigenvalue weighted by Crippen LogP contribution is -2.12. The molecule has 0 aromatic heterocycles. The Labute approximate surface area is 94.6 Å². The quantitative estimate of drug-likeness (QED) is 0.725. The van der Waals surface area contributed by atoms with Crippen molar-refractivity contribution in [2.45, 2.75) is 19.8 Å². The van der Waals surface area contributed by atoms with Crippen molar-refractivity contribution < 1.29 is 13.5 Å². The normalized spacial score (nSPS) is 10.4. The third kappa shape index (κ3) is 4.14. The van der Waals surface area contributed by atoms with Crippen LogP contribution >= 0.6 is 0 Å². The number of benzene rings is 1. The summed E-state index contributed by atoms with van der Waals surface area (Å²) in [5.74, 6) is -1.15. The van der Waals surface area contributed by atoms with E-state index in [0.29, 0.717) is 19.8 Å². The zero-order valence-corrected chi connectivity index (χ0v) is 9.43. The van der Waals surface area contributed by atoms with Crippen LogP contribution in [0.2, 0.25) is 0 Å². The summed E-state index contributed by atoms with van der Waals surface area (Å²) >= 11 is 0. The van der Waals surface area contributed by atoms with Crippen molar-refractivity contribution in [3.05, 3.63) is 29.8 Å². The maximum Gasteiger partial charge on any atom is 0.149 e. The summed E-state index contributed by atoms with van der Waals surface area (Å²) in [6.07, 6.45) is 2.09. The molecule has 16 heavy (non-hydrogen) atoms. The highest BCUT2D eigenvalue weighted by atomic mass is 19.1. The molecule has 0 spiro atoms.